The Hall–Kier alpha value is -1.01. The molecule has 0 spiro atoms. The predicted octanol–water partition coefficient (Wildman–Crippen LogP) is 2.78. The number of benzene rings is 1. The fraction of sp³-hybridized carbons (Fsp3) is 0.562. The van der Waals surface area contributed by atoms with Crippen molar-refractivity contribution in [3.8, 4) is 5.75 Å². The van der Waals surface area contributed by atoms with Gasteiger partial charge in [0, 0.05) is 12.2 Å². The Balaban J connectivity index is 0. The third-order valence-electron chi connectivity index (χ3n) is 2.99. The lowest BCUT2D eigenvalue weighted by atomic mass is 10.0. The van der Waals surface area contributed by atoms with Gasteiger partial charge in [-0.1, -0.05) is 13.8 Å². The average Bonchev–Trinajstić information content (AvgIpc) is 2.39. The van der Waals surface area contributed by atoms with Crippen molar-refractivity contribution in [2.75, 3.05) is 32.6 Å². The molecule has 0 saturated carbocycles. The zero-order valence-corrected chi connectivity index (χ0v) is 15.9. The molecule has 0 heterocycles. The molecule has 0 aliphatic carbocycles. The van der Waals surface area contributed by atoms with E-state index in [1.165, 1.54) is 0 Å². The van der Waals surface area contributed by atoms with Crippen LogP contribution in [-0.2, 0) is 4.79 Å². The van der Waals surface area contributed by atoms with Crippen LogP contribution in [0.3, 0.4) is 0 Å². The highest BCUT2D eigenvalue weighted by molar-refractivity contribution is 5.94. The molecular weight excluding hydrogens is 337 g/mol. The van der Waals surface area contributed by atoms with Crippen LogP contribution in [0.25, 0.3) is 0 Å². The van der Waals surface area contributed by atoms with Crippen LogP contribution >= 0.6 is 24.8 Å². The fourth-order valence-corrected chi connectivity index (χ4v) is 1.83. The lowest BCUT2D eigenvalue weighted by molar-refractivity contribution is -0.117. The Labute approximate surface area is 151 Å². The minimum absolute atomic E-state index is 0. The lowest BCUT2D eigenvalue weighted by Gasteiger charge is -2.14. The van der Waals surface area contributed by atoms with Crippen molar-refractivity contribution in [3.05, 3.63) is 24.3 Å². The molecule has 0 fully saturated rings. The van der Waals surface area contributed by atoms with E-state index >= 15 is 0 Å². The zero-order chi connectivity index (χ0) is 15.8. The van der Waals surface area contributed by atoms with Gasteiger partial charge in [-0.3, -0.25) is 4.79 Å². The first-order valence-corrected chi connectivity index (χ1v) is 7.32. The average molecular weight is 366 g/mol. The summed E-state index contributed by atoms with van der Waals surface area (Å²) in [4.78, 5) is 14.0. The molecule has 0 aliphatic heterocycles. The van der Waals surface area contributed by atoms with Crippen LogP contribution in [0.15, 0.2) is 24.3 Å². The molecule has 134 valence electrons. The van der Waals surface area contributed by atoms with Gasteiger partial charge in [-0.15, -0.1) is 24.8 Å². The first-order valence-electron chi connectivity index (χ1n) is 7.32. The molecule has 1 aromatic carbocycles. The van der Waals surface area contributed by atoms with Crippen molar-refractivity contribution in [2.24, 2.45) is 11.7 Å². The Bertz CT molecular complexity index is 439. The first kappa shape index (κ1) is 24.2. The summed E-state index contributed by atoms with van der Waals surface area (Å²) in [5, 5.41) is 2.82. The second-order valence-electron chi connectivity index (χ2n) is 5.90. The SMILES string of the molecule is CC(C)C[C@H](N)C(=O)Nc1ccc(OCCN(C)C)cc1.Cl.Cl. The van der Waals surface area contributed by atoms with E-state index in [1.807, 2.05) is 52.2 Å². The first-order chi connectivity index (χ1) is 9.88. The summed E-state index contributed by atoms with van der Waals surface area (Å²) in [6, 6.07) is 6.87. The molecule has 1 atom stereocenters. The van der Waals surface area contributed by atoms with Crippen molar-refractivity contribution in [3.63, 3.8) is 0 Å². The molecule has 5 nitrogen and oxygen atoms in total. The van der Waals surface area contributed by atoms with Gasteiger partial charge < -0.3 is 20.7 Å². The summed E-state index contributed by atoms with van der Waals surface area (Å²) >= 11 is 0. The molecule has 1 rings (SSSR count). The van der Waals surface area contributed by atoms with Crippen LogP contribution in [0.4, 0.5) is 5.69 Å². The molecule has 0 unspecified atom stereocenters. The topological polar surface area (TPSA) is 67.6 Å². The molecule has 23 heavy (non-hydrogen) atoms. The third kappa shape index (κ3) is 10.4. The van der Waals surface area contributed by atoms with Crippen molar-refractivity contribution >= 4 is 36.4 Å². The van der Waals surface area contributed by atoms with Gasteiger partial charge >= 0.3 is 0 Å². The summed E-state index contributed by atoms with van der Waals surface area (Å²) < 4.78 is 5.60. The number of hydrogen-bond donors (Lipinski definition) is 2. The minimum atomic E-state index is -0.471. The van der Waals surface area contributed by atoms with Crippen molar-refractivity contribution in [1.29, 1.82) is 0 Å². The molecule has 0 bridgehead atoms. The highest BCUT2D eigenvalue weighted by Crippen LogP contribution is 2.16. The molecule has 0 saturated heterocycles. The fourth-order valence-electron chi connectivity index (χ4n) is 1.83. The highest BCUT2D eigenvalue weighted by Gasteiger charge is 2.14. The standard InChI is InChI=1S/C16H27N3O2.2ClH/c1-12(2)11-15(17)16(20)18-13-5-7-14(8-6-13)21-10-9-19(3)4;;/h5-8,12,15H,9-11,17H2,1-4H3,(H,18,20);2*1H/t15-;;/m0../s1. The van der Waals surface area contributed by atoms with Crippen LogP contribution in [0.2, 0.25) is 0 Å². The van der Waals surface area contributed by atoms with Gasteiger partial charge in [0.1, 0.15) is 12.4 Å². The smallest absolute Gasteiger partial charge is 0.241 e. The Morgan fingerprint density at radius 1 is 1.22 bits per heavy atom. The summed E-state index contributed by atoms with van der Waals surface area (Å²) in [5.74, 6) is 1.05. The molecule has 7 heteroatoms. The Kier molecular flexibility index (Phi) is 13.1. The molecule has 3 N–H and O–H groups in total. The largest absolute Gasteiger partial charge is 0.492 e. The van der Waals surface area contributed by atoms with Gasteiger partial charge in [-0.05, 0) is 50.7 Å². The molecular formula is C16H29Cl2N3O2. The number of amides is 1. The van der Waals surface area contributed by atoms with Crippen molar-refractivity contribution in [2.45, 2.75) is 26.3 Å². The van der Waals surface area contributed by atoms with Crippen molar-refractivity contribution < 1.29 is 9.53 Å². The second kappa shape index (κ2) is 12.4. The van der Waals surface area contributed by atoms with E-state index in [1.54, 1.807) is 0 Å². The van der Waals surface area contributed by atoms with E-state index in [4.69, 9.17) is 10.5 Å². The Morgan fingerprint density at radius 3 is 2.26 bits per heavy atom. The molecule has 0 aromatic heterocycles. The van der Waals surface area contributed by atoms with Crippen molar-refractivity contribution in [1.82, 2.24) is 4.90 Å². The van der Waals surface area contributed by atoms with Gasteiger partial charge in [0.05, 0.1) is 6.04 Å². The number of carbonyl (C=O) groups excluding carboxylic acids is 1. The number of nitrogens with zero attached hydrogens (tertiary/aromatic N) is 1. The number of nitrogens with one attached hydrogen (secondary N) is 1. The van der Waals surface area contributed by atoms with E-state index in [9.17, 15) is 4.79 Å². The van der Waals surface area contributed by atoms with E-state index in [0.29, 0.717) is 18.9 Å². The monoisotopic (exact) mass is 365 g/mol. The van der Waals surface area contributed by atoms with E-state index < -0.39 is 6.04 Å². The maximum Gasteiger partial charge on any atom is 0.241 e. The summed E-state index contributed by atoms with van der Waals surface area (Å²) in [6.45, 7) is 5.60. The number of nitrogens with two attached hydrogens (primary N) is 1. The van der Waals surface area contributed by atoms with Crippen LogP contribution in [0, 0.1) is 5.92 Å². The van der Waals surface area contributed by atoms with Gasteiger partial charge in [-0.25, -0.2) is 0 Å². The summed E-state index contributed by atoms with van der Waals surface area (Å²) in [5.41, 5.74) is 6.58. The van der Waals surface area contributed by atoms with E-state index in [0.717, 1.165) is 18.0 Å². The van der Waals surface area contributed by atoms with Crippen LogP contribution in [0.1, 0.15) is 20.3 Å². The van der Waals surface area contributed by atoms with Crippen LogP contribution < -0.4 is 15.8 Å². The predicted molar refractivity (Wildman–Crippen MR) is 101 cm³/mol. The second-order valence-corrected chi connectivity index (χ2v) is 5.90. The Morgan fingerprint density at radius 2 is 1.78 bits per heavy atom. The lowest BCUT2D eigenvalue weighted by Crippen LogP contribution is -2.36. The van der Waals surface area contributed by atoms with Gasteiger partial charge in [0.25, 0.3) is 0 Å². The maximum absolute atomic E-state index is 11.9. The minimum Gasteiger partial charge on any atom is -0.492 e. The van der Waals surface area contributed by atoms with E-state index in [-0.39, 0.29) is 30.7 Å². The van der Waals surface area contributed by atoms with Gasteiger partial charge in [0.15, 0.2) is 0 Å². The maximum atomic E-state index is 11.9. The summed E-state index contributed by atoms with van der Waals surface area (Å²) in [7, 11) is 4.00. The number of anilines is 1. The summed E-state index contributed by atoms with van der Waals surface area (Å²) in [6.07, 6.45) is 0.678. The molecule has 0 aliphatic rings. The third-order valence-corrected chi connectivity index (χ3v) is 2.99. The number of halogens is 2. The molecule has 1 amide bonds. The number of hydrogen-bond acceptors (Lipinski definition) is 4. The number of ether oxygens (including phenoxy) is 1. The van der Waals surface area contributed by atoms with Crippen LogP contribution in [-0.4, -0.2) is 44.1 Å². The number of carbonyl (C=O) groups is 1. The number of rotatable bonds is 8. The molecule has 0 radical (unpaired) electrons. The zero-order valence-electron chi connectivity index (χ0n) is 14.2. The highest BCUT2D eigenvalue weighted by atomic mass is 35.5. The van der Waals surface area contributed by atoms with E-state index in [2.05, 4.69) is 10.2 Å². The molecule has 1 aromatic rings. The quantitative estimate of drug-likeness (QED) is 0.743. The normalized spacial score (nSPS) is 11.4. The van der Waals surface area contributed by atoms with Crippen LogP contribution in [0.5, 0.6) is 5.75 Å². The number of likely N-dealkylation sites (N-methyl/N-ethyl adjacent to an activating group) is 1. The van der Waals surface area contributed by atoms with Gasteiger partial charge in [-0.2, -0.15) is 0 Å². The van der Waals surface area contributed by atoms with Gasteiger partial charge in [0.2, 0.25) is 5.91 Å².